The summed E-state index contributed by atoms with van der Waals surface area (Å²) in [6.45, 7) is 1.45. The van der Waals surface area contributed by atoms with Gasteiger partial charge in [-0.05, 0) is 33.2 Å². The van der Waals surface area contributed by atoms with Gasteiger partial charge in [-0.3, -0.25) is 4.79 Å². The third-order valence-corrected chi connectivity index (χ3v) is 3.16. The first kappa shape index (κ1) is 11.6. The van der Waals surface area contributed by atoms with Crippen LogP contribution in [0.1, 0.15) is 12.5 Å². The SMILES string of the molecule is CC(=O)/N=C/c1ccc2c(ccc3ccccc32)c1. The van der Waals surface area contributed by atoms with Crippen molar-refractivity contribution in [3.05, 3.63) is 60.2 Å². The van der Waals surface area contributed by atoms with Crippen LogP contribution in [0.3, 0.4) is 0 Å². The fraction of sp³-hybridized carbons (Fsp3) is 0.0588. The Morgan fingerprint density at radius 3 is 2.53 bits per heavy atom. The highest BCUT2D eigenvalue weighted by Crippen LogP contribution is 2.25. The molecule has 0 fully saturated rings. The molecule has 1 amide bonds. The van der Waals surface area contributed by atoms with Gasteiger partial charge in [-0.25, -0.2) is 4.99 Å². The van der Waals surface area contributed by atoms with Gasteiger partial charge in [-0.15, -0.1) is 0 Å². The first-order valence-electron chi connectivity index (χ1n) is 6.20. The van der Waals surface area contributed by atoms with Gasteiger partial charge in [0.2, 0.25) is 5.91 Å². The number of hydrogen-bond acceptors (Lipinski definition) is 1. The number of aliphatic imine (C=N–C) groups is 1. The van der Waals surface area contributed by atoms with E-state index in [9.17, 15) is 4.79 Å². The lowest BCUT2D eigenvalue weighted by atomic mass is 10.0. The van der Waals surface area contributed by atoms with E-state index >= 15 is 0 Å². The second-order valence-corrected chi connectivity index (χ2v) is 4.54. The van der Waals surface area contributed by atoms with Crippen LogP contribution in [0.2, 0.25) is 0 Å². The summed E-state index contributed by atoms with van der Waals surface area (Å²) in [5.41, 5.74) is 0.943. The van der Waals surface area contributed by atoms with Crippen LogP contribution < -0.4 is 0 Å². The lowest BCUT2D eigenvalue weighted by Gasteiger charge is -2.04. The third-order valence-electron chi connectivity index (χ3n) is 3.16. The highest BCUT2D eigenvalue weighted by atomic mass is 16.1. The summed E-state index contributed by atoms with van der Waals surface area (Å²) in [6, 6.07) is 18.7. The number of nitrogens with zero attached hydrogens (tertiary/aromatic N) is 1. The van der Waals surface area contributed by atoms with E-state index in [2.05, 4.69) is 35.3 Å². The molecule has 0 radical (unpaired) electrons. The van der Waals surface area contributed by atoms with E-state index in [1.54, 1.807) is 6.21 Å². The molecule has 0 saturated heterocycles. The predicted octanol–water partition coefficient (Wildman–Crippen LogP) is 3.96. The fourth-order valence-electron chi connectivity index (χ4n) is 2.28. The van der Waals surface area contributed by atoms with Crippen molar-refractivity contribution in [1.29, 1.82) is 0 Å². The topological polar surface area (TPSA) is 29.4 Å². The van der Waals surface area contributed by atoms with Crippen LogP contribution >= 0.6 is 0 Å². The van der Waals surface area contributed by atoms with Crippen molar-refractivity contribution in [3.8, 4) is 0 Å². The summed E-state index contributed by atoms with van der Waals surface area (Å²) in [5, 5.41) is 4.86. The number of hydrogen-bond donors (Lipinski definition) is 0. The van der Waals surface area contributed by atoms with E-state index in [0.29, 0.717) is 0 Å². The summed E-state index contributed by atoms with van der Waals surface area (Å²) in [4.78, 5) is 14.7. The number of amides is 1. The van der Waals surface area contributed by atoms with E-state index in [-0.39, 0.29) is 5.91 Å². The summed E-state index contributed by atoms with van der Waals surface area (Å²) in [6.07, 6.45) is 1.61. The second-order valence-electron chi connectivity index (χ2n) is 4.54. The number of rotatable bonds is 1. The Bertz CT molecular complexity index is 803. The van der Waals surface area contributed by atoms with Crippen molar-refractivity contribution in [2.24, 2.45) is 4.99 Å². The van der Waals surface area contributed by atoms with E-state index < -0.39 is 0 Å². The summed E-state index contributed by atoms with van der Waals surface area (Å²) in [7, 11) is 0. The molecule has 3 aromatic rings. The minimum Gasteiger partial charge on any atom is -0.273 e. The van der Waals surface area contributed by atoms with Crippen LogP contribution in [-0.2, 0) is 4.79 Å². The van der Waals surface area contributed by atoms with Crippen LogP contribution in [0, 0.1) is 0 Å². The molecule has 0 atom stereocenters. The number of fused-ring (bicyclic) bond motifs is 3. The monoisotopic (exact) mass is 247 g/mol. The van der Waals surface area contributed by atoms with Gasteiger partial charge in [-0.2, -0.15) is 0 Å². The maximum absolute atomic E-state index is 10.9. The van der Waals surface area contributed by atoms with Crippen LogP contribution in [0.5, 0.6) is 0 Å². The molecule has 2 heteroatoms. The normalized spacial score (nSPS) is 11.4. The molecule has 19 heavy (non-hydrogen) atoms. The number of benzene rings is 3. The highest BCUT2D eigenvalue weighted by Gasteiger charge is 2.00. The van der Waals surface area contributed by atoms with Gasteiger partial charge in [0.05, 0.1) is 0 Å². The van der Waals surface area contributed by atoms with Gasteiger partial charge in [-0.1, -0.05) is 48.5 Å². The van der Waals surface area contributed by atoms with Gasteiger partial charge in [0.1, 0.15) is 0 Å². The molecule has 2 nitrogen and oxygen atoms in total. The van der Waals surface area contributed by atoms with Crippen molar-refractivity contribution in [1.82, 2.24) is 0 Å². The molecule has 3 rings (SSSR count). The van der Waals surface area contributed by atoms with Crippen LogP contribution in [0.25, 0.3) is 21.5 Å². The van der Waals surface area contributed by atoms with Crippen molar-refractivity contribution in [2.75, 3.05) is 0 Å². The molecular weight excluding hydrogens is 234 g/mol. The van der Waals surface area contributed by atoms with Crippen molar-refractivity contribution >= 4 is 33.7 Å². The zero-order valence-corrected chi connectivity index (χ0v) is 10.6. The smallest absolute Gasteiger partial charge is 0.242 e. The summed E-state index contributed by atoms with van der Waals surface area (Å²) in [5.74, 6) is -0.182. The Balaban J connectivity index is 2.20. The minimum atomic E-state index is -0.182. The highest BCUT2D eigenvalue weighted by molar-refractivity contribution is 6.08. The average Bonchev–Trinajstić information content (AvgIpc) is 2.44. The van der Waals surface area contributed by atoms with Crippen molar-refractivity contribution < 1.29 is 4.79 Å². The van der Waals surface area contributed by atoms with Crippen LogP contribution in [0.15, 0.2) is 59.6 Å². The molecule has 0 aliphatic rings. The molecule has 0 unspecified atom stereocenters. The van der Waals surface area contributed by atoms with E-state index in [0.717, 1.165) is 10.9 Å². The van der Waals surface area contributed by atoms with Crippen molar-refractivity contribution in [3.63, 3.8) is 0 Å². The molecule has 0 aliphatic carbocycles. The zero-order chi connectivity index (χ0) is 13.2. The first-order chi connectivity index (χ1) is 9.24. The Morgan fingerprint density at radius 2 is 1.68 bits per heavy atom. The molecule has 0 bridgehead atoms. The molecule has 0 N–H and O–H groups in total. The van der Waals surface area contributed by atoms with Gasteiger partial charge in [0, 0.05) is 13.1 Å². The summed E-state index contributed by atoms with van der Waals surface area (Å²) < 4.78 is 0. The molecule has 3 aromatic carbocycles. The molecule has 0 spiro atoms. The van der Waals surface area contributed by atoms with Gasteiger partial charge < -0.3 is 0 Å². The van der Waals surface area contributed by atoms with Gasteiger partial charge >= 0.3 is 0 Å². The Morgan fingerprint density at radius 1 is 0.947 bits per heavy atom. The average molecular weight is 247 g/mol. The number of carbonyl (C=O) groups excluding carboxylic acids is 1. The summed E-state index contributed by atoms with van der Waals surface area (Å²) >= 11 is 0. The van der Waals surface area contributed by atoms with E-state index in [1.165, 1.54) is 23.1 Å². The lowest BCUT2D eigenvalue weighted by molar-refractivity contribution is -0.115. The molecule has 0 saturated carbocycles. The lowest BCUT2D eigenvalue weighted by Crippen LogP contribution is -1.87. The molecule has 0 aromatic heterocycles. The molecule has 0 heterocycles. The first-order valence-corrected chi connectivity index (χ1v) is 6.20. The maximum atomic E-state index is 10.9. The zero-order valence-electron chi connectivity index (χ0n) is 10.6. The number of carbonyl (C=O) groups is 1. The third kappa shape index (κ3) is 2.25. The standard InChI is InChI=1S/C17H13NO/c1-12(19)18-11-13-6-9-17-15(10-13)8-7-14-4-2-3-5-16(14)17/h2-11H,1H3/b18-11+. The van der Waals surface area contributed by atoms with Gasteiger partial charge in [0.15, 0.2) is 0 Å². The largest absolute Gasteiger partial charge is 0.273 e. The fourth-order valence-corrected chi connectivity index (χ4v) is 2.28. The van der Waals surface area contributed by atoms with Crippen molar-refractivity contribution in [2.45, 2.75) is 6.92 Å². The maximum Gasteiger partial charge on any atom is 0.242 e. The Labute approximate surface area is 111 Å². The quantitative estimate of drug-likeness (QED) is 0.472. The van der Waals surface area contributed by atoms with Crippen LogP contribution in [0.4, 0.5) is 0 Å². The molecule has 0 aliphatic heterocycles. The Hall–Kier alpha value is -2.48. The Kier molecular flexibility index (Phi) is 2.84. The van der Waals surface area contributed by atoms with Gasteiger partial charge in [0.25, 0.3) is 0 Å². The predicted molar refractivity (Wildman–Crippen MR) is 79.7 cm³/mol. The molecular formula is C17H13NO. The van der Waals surface area contributed by atoms with E-state index in [4.69, 9.17) is 0 Å². The second kappa shape index (κ2) is 4.65. The minimum absolute atomic E-state index is 0.182. The van der Waals surface area contributed by atoms with Crippen LogP contribution in [-0.4, -0.2) is 12.1 Å². The van der Waals surface area contributed by atoms with E-state index in [1.807, 2.05) is 24.3 Å². The molecule has 92 valence electrons.